The van der Waals surface area contributed by atoms with Crippen LogP contribution in [0.1, 0.15) is 0 Å². The number of fused-ring (bicyclic) bond motifs is 1. The lowest BCUT2D eigenvalue weighted by Crippen LogP contribution is -1.92. The van der Waals surface area contributed by atoms with Crippen molar-refractivity contribution >= 4 is 11.0 Å². The Morgan fingerprint density at radius 2 is 1.81 bits per heavy atom. The van der Waals surface area contributed by atoms with E-state index in [-0.39, 0.29) is 0 Å². The van der Waals surface area contributed by atoms with E-state index in [2.05, 4.69) is 28.3 Å². The normalized spacial score (nSPS) is 10.8. The van der Waals surface area contributed by atoms with E-state index in [0.29, 0.717) is 0 Å². The first-order valence-corrected chi connectivity index (χ1v) is 5.19. The first-order chi connectivity index (χ1) is 7.84. The highest BCUT2D eigenvalue weighted by Crippen LogP contribution is 2.19. The Morgan fingerprint density at radius 3 is 2.62 bits per heavy atom. The minimum atomic E-state index is 0.918. The molecule has 1 aromatic carbocycles. The minimum absolute atomic E-state index is 0.918. The number of hydrogen-bond acceptors (Lipinski definition) is 2. The second-order valence-corrected chi connectivity index (χ2v) is 3.74. The zero-order chi connectivity index (χ0) is 11.0. The lowest BCUT2D eigenvalue weighted by atomic mass is 10.1. The monoisotopic (exact) mass is 209 g/mol. The van der Waals surface area contributed by atoms with E-state index >= 15 is 0 Å². The molecular weight excluding hydrogens is 198 g/mol. The number of hydrogen-bond donors (Lipinski definition) is 0. The molecule has 2 heterocycles. The van der Waals surface area contributed by atoms with E-state index in [0.717, 1.165) is 22.3 Å². The first kappa shape index (κ1) is 9.09. The Labute approximate surface area is 93.4 Å². The fourth-order valence-electron chi connectivity index (χ4n) is 1.79. The zero-order valence-corrected chi connectivity index (χ0v) is 8.96. The van der Waals surface area contributed by atoms with Crippen LogP contribution >= 0.6 is 0 Å². The molecule has 0 amide bonds. The van der Waals surface area contributed by atoms with Crippen LogP contribution < -0.4 is 0 Å². The smallest absolute Gasteiger partial charge is 0.158 e. The van der Waals surface area contributed by atoms with Crippen molar-refractivity contribution in [2.45, 2.75) is 0 Å². The van der Waals surface area contributed by atoms with Crippen LogP contribution in [0.3, 0.4) is 0 Å². The predicted molar refractivity (Wildman–Crippen MR) is 63.9 cm³/mol. The number of nitrogens with zero attached hydrogens (tertiary/aromatic N) is 3. The fourth-order valence-corrected chi connectivity index (χ4v) is 1.79. The zero-order valence-electron chi connectivity index (χ0n) is 8.96. The van der Waals surface area contributed by atoms with E-state index in [1.165, 1.54) is 0 Å². The summed E-state index contributed by atoms with van der Waals surface area (Å²) < 4.78 is 1.79. The maximum absolute atomic E-state index is 4.61. The summed E-state index contributed by atoms with van der Waals surface area (Å²) in [6, 6.07) is 14.2. The topological polar surface area (TPSA) is 30.7 Å². The molecule has 78 valence electrons. The molecule has 0 fully saturated rings. The Kier molecular flexibility index (Phi) is 1.96. The van der Waals surface area contributed by atoms with Crippen LogP contribution in [0.25, 0.3) is 22.3 Å². The number of rotatable bonds is 1. The van der Waals surface area contributed by atoms with Crippen molar-refractivity contribution in [3.8, 4) is 11.3 Å². The summed E-state index contributed by atoms with van der Waals surface area (Å²) in [7, 11) is 1.91. The summed E-state index contributed by atoms with van der Waals surface area (Å²) in [4.78, 5) is 4.61. The summed E-state index contributed by atoms with van der Waals surface area (Å²) >= 11 is 0. The van der Waals surface area contributed by atoms with Crippen LogP contribution in [0.5, 0.6) is 0 Å². The lowest BCUT2D eigenvalue weighted by Gasteiger charge is -2.01. The Balaban J connectivity index is 2.22. The molecule has 0 aliphatic heterocycles. The molecule has 0 aliphatic rings. The molecule has 16 heavy (non-hydrogen) atoms. The van der Waals surface area contributed by atoms with Gasteiger partial charge in [-0.1, -0.05) is 30.3 Å². The first-order valence-electron chi connectivity index (χ1n) is 5.19. The van der Waals surface area contributed by atoms with E-state index in [4.69, 9.17) is 0 Å². The van der Waals surface area contributed by atoms with Gasteiger partial charge in [-0.05, 0) is 12.1 Å². The lowest BCUT2D eigenvalue weighted by molar-refractivity contribution is 0.787. The molecule has 0 spiro atoms. The van der Waals surface area contributed by atoms with Gasteiger partial charge in [0.25, 0.3) is 0 Å². The summed E-state index contributed by atoms with van der Waals surface area (Å²) in [6.07, 6.45) is 1.83. The van der Waals surface area contributed by atoms with E-state index < -0.39 is 0 Å². The average molecular weight is 209 g/mol. The molecule has 0 saturated carbocycles. The maximum atomic E-state index is 4.61. The molecule has 3 rings (SSSR count). The third-order valence-corrected chi connectivity index (χ3v) is 2.65. The van der Waals surface area contributed by atoms with E-state index in [1.54, 1.807) is 4.68 Å². The fraction of sp³-hybridized carbons (Fsp3) is 0.0769. The summed E-state index contributed by atoms with van der Waals surface area (Å²) in [5.74, 6) is 0. The Bertz CT molecular complexity index is 626. The minimum Gasteiger partial charge on any atom is -0.250 e. The van der Waals surface area contributed by atoms with Gasteiger partial charge in [0.05, 0.1) is 11.9 Å². The number of benzene rings is 1. The van der Waals surface area contributed by atoms with Gasteiger partial charge in [-0.15, -0.1) is 0 Å². The number of aromatic nitrogens is 3. The maximum Gasteiger partial charge on any atom is 0.158 e. The van der Waals surface area contributed by atoms with Crippen molar-refractivity contribution < 1.29 is 0 Å². The molecule has 0 saturated heterocycles. The third-order valence-electron chi connectivity index (χ3n) is 2.65. The third kappa shape index (κ3) is 1.37. The van der Waals surface area contributed by atoms with Crippen molar-refractivity contribution in [2.24, 2.45) is 7.05 Å². The molecule has 0 bridgehead atoms. The SMILES string of the molecule is Cn1ncc2ccc(-c3ccccc3)nc21. The summed E-state index contributed by atoms with van der Waals surface area (Å²) in [6.45, 7) is 0. The number of aryl methyl sites for hydroxylation is 1. The van der Waals surface area contributed by atoms with Gasteiger partial charge >= 0.3 is 0 Å². The van der Waals surface area contributed by atoms with Gasteiger partial charge in [-0.25, -0.2) is 4.98 Å². The molecule has 2 aromatic heterocycles. The Hall–Kier alpha value is -2.16. The van der Waals surface area contributed by atoms with Crippen LogP contribution in [-0.4, -0.2) is 14.8 Å². The highest BCUT2D eigenvalue weighted by Gasteiger charge is 2.03. The molecule has 0 aliphatic carbocycles. The second-order valence-electron chi connectivity index (χ2n) is 3.74. The standard InChI is InChI=1S/C13H11N3/c1-16-13-11(9-14-16)7-8-12(15-13)10-5-3-2-4-6-10/h2-9H,1H3. The van der Waals surface area contributed by atoms with Crippen LogP contribution in [-0.2, 0) is 7.05 Å². The quantitative estimate of drug-likeness (QED) is 0.616. The van der Waals surface area contributed by atoms with Crippen molar-refractivity contribution in [3.05, 3.63) is 48.7 Å². The molecule has 3 nitrogen and oxygen atoms in total. The Morgan fingerprint density at radius 1 is 1.00 bits per heavy atom. The van der Waals surface area contributed by atoms with E-state index in [1.807, 2.05) is 37.5 Å². The van der Waals surface area contributed by atoms with E-state index in [9.17, 15) is 0 Å². The second kappa shape index (κ2) is 3.45. The van der Waals surface area contributed by atoms with Gasteiger partial charge in [-0.2, -0.15) is 5.10 Å². The van der Waals surface area contributed by atoms with Gasteiger partial charge < -0.3 is 0 Å². The van der Waals surface area contributed by atoms with Gasteiger partial charge in [0.1, 0.15) is 0 Å². The molecule has 0 radical (unpaired) electrons. The largest absolute Gasteiger partial charge is 0.250 e. The van der Waals surface area contributed by atoms with Crippen molar-refractivity contribution in [3.63, 3.8) is 0 Å². The van der Waals surface area contributed by atoms with Crippen LogP contribution in [0.2, 0.25) is 0 Å². The molecular formula is C13H11N3. The summed E-state index contributed by atoms with van der Waals surface area (Å²) in [5, 5.41) is 5.26. The van der Waals surface area contributed by atoms with Gasteiger partial charge in [0, 0.05) is 18.0 Å². The predicted octanol–water partition coefficient (Wildman–Crippen LogP) is 2.64. The van der Waals surface area contributed by atoms with Crippen LogP contribution in [0, 0.1) is 0 Å². The van der Waals surface area contributed by atoms with Crippen LogP contribution in [0.15, 0.2) is 48.7 Å². The van der Waals surface area contributed by atoms with Crippen molar-refractivity contribution in [2.75, 3.05) is 0 Å². The highest BCUT2D eigenvalue weighted by molar-refractivity contribution is 5.78. The van der Waals surface area contributed by atoms with Crippen LogP contribution in [0.4, 0.5) is 0 Å². The van der Waals surface area contributed by atoms with Gasteiger partial charge in [0.15, 0.2) is 5.65 Å². The van der Waals surface area contributed by atoms with Crippen molar-refractivity contribution in [1.29, 1.82) is 0 Å². The van der Waals surface area contributed by atoms with Gasteiger partial charge in [-0.3, -0.25) is 4.68 Å². The van der Waals surface area contributed by atoms with Crippen molar-refractivity contribution in [1.82, 2.24) is 14.8 Å². The highest BCUT2D eigenvalue weighted by atomic mass is 15.3. The summed E-state index contributed by atoms with van der Waals surface area (Å²) in [5.41, 5.74) is 3.03. The molecule has 0 unspecified atom stereocenters. The molecule has 0 N–H and O–H groups in total. The average Bonchev–Trinajstić information content (AvgIpc) is 2.72. The molecule has 0 atom stereocenters. The van der Waals surface area contributed by atoms with Gasteiger partial charge in [0.2, 0.25) is 0 Å². The molecule has 3 heteroatoms. The molecule has 3 aromatic rings. The number of pyridine rings is 1.